The molecule has 3 aromatic rings. The fourth-order valence-electron chi connectivity index (χ4n) is 3.25. The molecular weight excluding hydrogens is 316 g/mol. The molecule has 25 heavy (non-hydrogen) atoms. The zero-order valence-electron chi connectivity index (χ0n) is 14.4. The van der Waals surface area contributed by atoms with E-state index < -0.39 is 0 Å². The molecule has 1 aliphatic rings. The van der Waals surface area contributed by atoms with Crippen LogP contribution in [0.4, 0.5) is 5.82 Å². The molecule has 3 heterocycles. The number of imidazole rings is 1. The van der Waals surface area contributed by atoms with E-state index in [-0.39, 0.29) is 5.91 Å². The third-order valence-electron chi connectivity index (χ3n) is 4.55. The number of benzene rings is 1. The molecule has 1 saturated heterocycles. The van der Waals surface area contributed by atoms with Crippen LogP contribution in [0.3, 0.4) is 0 Å². The lowest BCUT2D eigenvalue weighted by atomic mass is 10.1. The third-order valence-corrected chi connectivity index (χ3v) is 4.55. The van der Waals surface area contributed by atoms with Crippen LogP contribution in [-0.2, 0) is 18.4 Å². The molecule has 0 unspecified atom stereocenters. The van der Waals surface area contributed by atoms with Crippen molar-refractivity contribution in [2.24, 2.45) is 7.05 Å². The summed E-state index contributed by atoms with van der Waals surface area (Å²) in [5.41, 5.74) is 3.89. The molecule has 2 aromatic heterocycles. The quantitative estimate of drug-likeness (QED) is 0.725. The van der Waals surface area contributed by atoms with Crippen LogP contribution in [-0.4, -0.2) is 50.0 Å². The minimum atomic E-state index is 0.107. The first-order chi connectivity index (χ1) is 12.1. The van der Waals surface area contributed by atoms with Crippen LogP contribution in [0.2, 0.25) is 0 Å². The van der Waals surface area contributed by atoms with Crippen LogP contribution in [0, 0.1) is 6.92 Å². The van der Waals surface area contributed by atoms with Crippen molar-refractivity contribution in [1.29, 1.82) is 0 Å². The Labute approximate surface area is 145 Å². The van der Waals surface area contributed by atoms with Gasteiger partial charge in [0.1, 0.15) is 6.33 Å². The summed E-state index contributed by atoms with van der Waals surface area (Å²) in [4.78, 5) is 29.5. The standard InChI is InChI=1S/C18H20N6O/c1-13-4-3-5-14(8-13)9-23-6-7-24(10-15(23)25)18-16-17(19-11-20-18)22(2)12-21-16/h3-5,8,11-12H,6-7,9-10H2,1-2H3. The van der Waals surface area contributed by atoms with Crippen molar-refractivity contribution >= 4 is 22.9 Å². The van der Waals surface area contributed by atoms with E-state index in [9.17, 15) is 4.79 Å². The van der Waals surface area contributed by atoms with Crippen LogP contribution in [0.25, 0.3) is 11.2 Å². The average Bonchev–Trinajstić information content (AvgIpc) is 2.98. The average molecular weight is 336 g/mol. The Kier molecular flexibility index (Phi) is 3.83. The van der Waals surface area contributed by atoms with Gasteiger partial charge >= 0.3 is 0 Å². The van der Waals surface area contributed by atoms with Gasteiger partial charge in [0, 0.05) is 26.7 Å². The molecule has 0 atom stereocenters. The van der Waals surface area contributed by atoms with Crippen molar-refractivity contribution in [3.63, 3.8) is 0 Å². The number of hydrogen-bond donors (Lipinski definition) is 0. The molecule has 1 amide bonds. The maximum Gasteiger partial charge on any atom is 0.242 e. The van der Waals surface area contributed by atoms with Gasteiger partial charge in [-0.15, -0.1) is 0 Å². The Morgan fingerprint density at radius 2 is 2.04 bits per heavy atom. The van der Waals surface area contributed by atoms with Crippen molar-refractivity contribution in [1.82, 2.24) is 24.4 Å². The summed E-state index contributed by atoms with van der Waals surface area (Å²) in [5, 5.41) is 0. The number of anilines is 1. The zero-order chi connectivity index (χ0) is 17.4. The maximum absolute atomic E-state index is 12.6. The molecule has 1 aromatic carbocycles. The Morgan fingerprint density at radius 3 is 2.84 bits per heavy atom. The minimum Gasteiger partial charge on any atom is -0.344 e. The van der Waals surface area contributed by atoms with Crippen LogP contribution in [0.15, 0.2) is 36.9 Å². The van der Waals surface area contributed by atoms with E-state index in [2.05, 4.69) is 40.1 Å². The first-order valence-corrected chi connectivity index (χ1v) is 8.32. The minimum absolute atomic E-state index is 0.107. The Morgan fingerprint density at radius 1 is 1.16 bits per heavy atom. The van der Waals surface area contributed by atoms with Gasteiger partial charge in [-0.1, -0.05) is 29.8 Å². The number of piperazine rings is 1. The highest BCUT2D eigenvalue weighted by Crippen LogP contribution is 2.22. The lowest BCUT2D eigenvalue weighted by Gasteiger charge is -2.35. The second-order valence-corrected chi connectivity index (χ2v) is 6.45. The van der Waals surface area contributed by atoms with Crippen molar-refractivity contribution in [2.75, 3.05) is 24.5 Å². The number of carbonyl (C=O) groups is 1. The molecule has 128 valence electrons. The van der Waals surface area contributed by atoms with Crippen LogP contribution in [0.5, 0.6) is 0 Å². The SMILES string of the molecule is Cc1cccc(CN2CCN(c3ncnc4c3ncn4C)CC2=O)c1. The van der Waals surface area contributed by atoms with Gasteiger partial charge in [0.2, 0.25) is 5.91 Å². The molecule has 0 radical (unpaired) electrons. The summed E-state index contributed by atoms with van der Waals surface area (Å²) in [6.45, 7) is 4.44. The van der Waals surface area contributed by atoms with E-state index in [0.29, 0.717) is 19.6 Å². The first-order valence-electron chi connectivity index (χ1n) is 8.32. The molecule has 0 aliphatic carbocycles. The molecule has 1 fully saturated rings. The normalized spacial score (nSPS) is 15.2. The Bertz CT molecular complexity index is 934. The highest BCUT2D eigenvalue weighted by molar-refractivity contribution is 5.88. The lowest BCUT2D eigenvalue weighted by Crippen LogP contribution is -2.50. The topological polar surface area (TPSA) is 67.2 Å². The van der Waals surface area contributed by atoms with Crippen LogP contribution < -0.4 is 4.90 Å². The number of amides is 1. The number of aryl methyl sites for hydroxylation is 2. The molecule has 0 spiro atoms. The molecule has 0 saturated carbocycles. The van der Waals surface area contributed by atoms with Gasteiger partial charge in [0.25, 0.3) is 0 Å². The summed E-state index contributed by atoms with van der Waals surface area (Å²) in [6.07, 6.45) is 3.25. The predicted molar refractivity (Wildman–Crippen MR) is 95.1 cm³/mol. The second-order valence-electron chi connectivity index (χ2n) is 6.45. The van der Waals surface area contributed by atoms with Gasteiger partial charge in [-0.3, -0.25) is 4.79 Å². The van der Waals surface area contributed by atoms with Crippen LogP contribution in [0.1, 0.15) is 11.1 Å². The first kappa shape index (κ1) is 15.6. The number of rotatable bonds is 3. The molecule has 4 rings (SSSR count). The van der Waals surface area contributed by atoms with Gasteiger partial charge in [0.05, 0.1) is 12.9 Å². The van der Waals surface area contributed by atoms with Crippen molar-refractivity contribution in [2.45, 2.75) is 13.5 Å². The number of hydrogen-bond acceptors (Lipinski definition) is 5. The van der Waals surface area contributed by atoms with E-state index in [1.807, 2.05) is 27.5 Å². The third kappa shape index (κ3) is 2.93. The number of nitrogens with zero attached hydrogens (tertiary/aromatic N) is 6. The van der Waals surface area contributed by atoms with Gasteiger partial charge in [-0.05, 0) is 12.5 Å². The van der Waals surface area contributed by atoms with Crippen molar-refractivity contribution in [3.05, 3.63) is 48.0 Å². The maximum atomic E-state index is 12.6. The molecule has 0 bridgehead atoms. The fraction of sp³-hybridized carbons (Fsp3) is 0.333. The fourth-order valence-corrected chi connectivity index (χ4v) is 3.25. The number of aromatic nitrogens is 4. The summed E-state index contributed by atoms with van der Waals surface area (Å²) >= 11 is 0. The van der Waals surface area contributed by atoms with E-state index in [1.54, 1.807) is 6.33 Å². The zero-order valence-corrected chi connectivity index (χ0v) is 14.4. The molecular formula is C18H20N6O. The van der Waals surface area contributed by atoms with Crippen molar-refractivity contribution in [3.8, 4) is 0 Å². The summed E-state index contributed by atoms with van der Waals surface area (Å²) in [7, 11) is 1.90. The summed E-state index contributed by atoms with van der Waals surface area (Å²) in [5.74, 6) is 0.838. The van der Waals surface area contributed by atoms with Gasteiger partial charge < -0.3 is 14.4 Å². The Balaban J connectivity index is 1.52. The molecule has 7 nitrogen and oxygen atoms in total. The Hall–Kier alpha value is -2.96. The van der Waals surface area contributed by atoms with Gasteiger partial charge in [-0.25, -0.2) is 15.0 Å². The van der Waals surface area contributed by atoms with Crippen LogP contribution >= 0.6 is 0 Å². The van der Waals surface area contributed by atoms with E-state index in [4.69, 9.17) is 0 Å². The summed E-state index contributed by atoms with van der Waals surface area (Å²) < 4.78 is 1.86. The largest absolute Gasteiger partial charge is 0.344 e. The molecule has 1 aliphatic heterocycles. The predicted octanol–water partition coefficient (Wildman–Crippen LogP) is 1.52. The van der Waals surface area contributed by atoms with E-state index >= 15 is 0 Å². The van der Waals surface area contributed by atoms with E-state index in [1.165, 1.54) is 11.9 Å². The molecule has 7 heteroatoms. The van der Waals surface area contributed by atoms with E-state index in [0.717, 1.165) is 29.1 Å². The smallest absolute Gasteiger partial charge is 0.242 e. The second kappa shape index (κ2) is 6.16. The monoisotopic (exact) mass is 336 g/mol. The number of carbonyl (C=O) groups excluding carboxylic acids is 1. The molecule has 0 N–H and O–H groups in total. The lowest BCUT2D eigenvalue weighted by molar-refractivity contribution is -0.131. The highest BCUT2D eigenvalue weighted by atomic mass is 16.2. The van der Waals surface area contributed by atoms with Gasteiger partial charge in [-0.2, -0.15) is 0 Å². The summed E-state index contributed by atoms with van der Waals surface area (Å²) in [6, 6.07) is 8.29. The number of fused-ring (bicyclic) bond motifs is 1. The highest BCUT2D eigenvalue weighted by Gasteiger charge is 2.26. The van der Waals surface area contributed by atoms with Crippen molar-refractivity contribution < 1.29 is 4.79 Å². The van der Waals surface area contributed by atoms with Gasteiger partial charge in [0.15, 0.2) is 17.0 Å².